The predicted molar refractivity (Wildman–Crippen MR) is 152 cm³/mol. The molecule has 1 atom stereocenters. The molecule has 0 bridgehead atoms. The number of nitrogens with zero attached hydrogens (tertiary/aromatic N) is 2. The average molecular weight is 519 g/mol. The highest BCUT2D eigenvalue weighted by Gasteiger charge is 2.35. The highest BCUT2D eigenvalue weighted by molar-refractivity contribution is 5.75. The molecule has 37 heavy (non-hydrogen) atoms. The van der Waals surface area contributed by atoms with Crippen molar-refractivity contribution in [1.82, 2.24) is 10.3 Å². The number of amides is 1. The predicted octanol–water partition coefficient (Wildman–Crippen LogP) is 7.21. The number of fused-ring (bicyclic) bond motifs is 1. The number of ether oxygens (including phenoxy) is 2. The molecular formula is C31H56N3O3+. The van der Waals surface area contributed by atoms with Gasteiger partial charge in [0.05, 0.1) is 39.5 Å². The van der Waals surface area contributed by atoms with Crippen LogP contribution in [-0.2, 0) is 22.7 Å². The molecule has 1 aliphatic heterocycles. The Morgan fingerprint density at radius 2 is 1.62 bits per heavy atom. The molecule has 0 spiro atoms. The molecule has 0 saturated heterocycles. The standard InChI is InChI=1S/C31H55N3O3/c1-7-9-10-11-12-13-14-15-16-17-18-19-29(35)32-21-22-34(5,6)24-27-23-33-26(3)30-28(27)25-36-31(4,37-30)20-8-2/h23H,7-22,24-25H2,1-6H3/p+1. The van der Waals surface area contributed by atoms with Crippen LogP contribution in [0.25, 0.3) is 0 Å². The van der Waals surface area contributed by atoms with E-state index in [0.29, 0.717) is 19.6 Å². The molecule has 212 valence electrons. The van der Waals surface area contributed by atoms with E-state index >= 15 is 0 Å². The molecule has 6 nitrogen and oxygen atoms in total. The van der Waals surface area contributed by atoms with Crippen LogP contribution in [0.3, 0.4) is 0 Å². The molecule has 0 radical (unpaired) electrons. The Hall–Kier alpha value is -1.66. The van der Waals surface area contributed by atoms with Crippen molar-refractivity contribution < 1.29 is 18.8 Å². The minimum Gasteiger partial charge on any atom is -0.460 e. The van der Waals surface area contributed by atoms with E-state index in [0.717, 1.165) is 65.8 Å². The fourth-order valence-corrected chi connectivity index (χ4v) is 5.23. The molecule has 0 fully saturated rings. The van der Waals surface area contributed by atoms with Crippen LogP contribution in [0.15, 0.2) is 6.20 Å². The first-order valence-electron chi connectivity index (χ1n) is 15.1. The molecule has 2 heterocycles. The number of unbranched alkanes of at least 4 members (excludes halogenated alkanes) is 10. The number of quaternary nitrogens is 1. The molecule has 1 amide bonds. The molecule has 0 aromatic carbocycles. The van der Waals surface area contributed by atoms with Gasteiger partial charge in [-0.05, 0) is 19.8 Å². The Kier molecular flexibility index (Phi) is 13.9. The van der Waals surface area contributed by atoms with Crippen molar-refractivity contribution in [3.05, 3.63) is 23.0 Å². The zero-order valence-electron chi connectivity index (χ0n) is 24.9. The van der Waals surface area contributed by atoms with Gasteiger partial charge in [0.1, 0.15) is 12.3 Å². The highest BCUT2D eigenvalue weighted by atomic mass is 16.7. The third-order valence-corrected chi connectivity index (χ3v) is 7.59. The van der Waals surface area contributed by atoms with Gasteiger partial charge in [-0.15, -0.1) is 0 Å². The van der Waals surface area contributed by atoms with Crippen molar-refractivity contribution >= 4 is 5.91 Å². The van der Waals surface area contributed by atoms with Crippen LogP contribution < -0.4 is 10.1 Å². The number of rotatable bonds is 19. The smallest absolute Gasteiger partial charge is 0.220 e. The second-order valence-electron chi connectivity index (χ2n) is 11.9. The van der Waals surface area contributed by atoms with Gasteiger partial charge in [-0.25, -0.2) is 0 Å². The minimum absolute atomic E-state index is 0.183. The Bertz CT molecular complexity index is 811. The SMILES string of the molecule is CCCCCCCCCCCCCC(=O)NCC[N+](C)(C)Cc1cnc(C)c2c1COC(C)(CCC)O2. The fourth-order valence-electron chi connectivity index (χ4n) is 5.23. The van der Waals surface area contributed by atoms with E-state index in [1.807, 2.05) is 20.0 Å². The normalized spacial score (nSPS) is 17.4. The van der Waals surface area contributed by atoms with E-state index in [4.69, 9.17) is 9.47 Å². The second-order valence-corrected chi connectivity index (χ2v) is 11.9. The zero-order chi connectivity index (χ0) is 27.2. The second kappa shape index (κ2) is 16.3. The maximum Gasteiger partial charge on any atom is 0.220 e. The summed E-state index contributed by atoms with van der Waals surface area (Å²) in [6.07, 6.45) is 18.8. The Labute approximate surface area is 227 Å². The van der Waals surface area contributed by atoms with Crippen molar-refractivity contribution in [1.29, 1.82) is 0 Å². The third-order valence-electron chi connectivity index (χ3n) is 7.59. The van der Waals surface area contributed by atoms with Gasteiger partial charge in [0, 0.05) is 37.1 Å². The summed E-state index contributed by atoms with van der Waals surface area (Å²) in [4.78, 5) is 17.0. The molecule has 1 N–H and O–H groups in total. The van der Waals surface area contributed by atoms with E-state index in [1.54, 1.807) is 0 Å². The summed E-state index contributed by atoms with van der Waals surface area (Å²) >= 11 is 0. The number of hydrogen-bond acceptors (Lipinski definition) is 4. The van der Waals surface area contributed by atoms with Crippen molar-refractivity contribution in [2.45, 2.75) is 137 Å². The van der Waals surface area contributed by atoms with E-state index < -0.39 is 5.79 Å². The topological polar surface area (TPSA) is 60.5 Å². The van der Waals surface area contributed by atoms with E-state index in [2.05, 4.69) is 38.2 Å². The van der Waals surface area contributed by atoms with Crippen LogP contribution in [0.5, 0.6) is 5.75 Å². The molecule has 1 aromatic rings. The van der Waals surface area contributed by atoms with Gasteiger partial charge in [-0.3, -0.25) is 9.78 Å². The van der Waals surface area contributed by atoms with Gasteiger partial charge >= 0.3 is 0 Å². The summed E-state index contributed by atoms with van der Waals surface area (Å²) in [5, 5.41) is 3.14. The minimum atomic E-state index is -0.574. The Morgan fingerprint density at radius 3 is 2.24 bits per heavy atom. The number of pyridine rings is 1. The molecular weight excluding hydrogens is 462 g/mol. The zero-order valence-corrected chi connectivity index (χ0v) is 24.9. The molecule has 1 aliphatic rings. The van der Waals surface area contributed by atoms with Gasteiger partial charge in [0.15, 0.2) is 0 Å². The fraction of sp³-hybridized carbons (Fsp3) is 0.806. The summed E-state index contributed by atoms with van der Waals surface area (Å²) in [6.45, 7) is 11.4. The number of nitrogens with one attached hydrogen (secondary N) is 1. The van der Waals surface area contributed by atoms with Crippen LogP contribution in [-0.4, -0.2) is 48.3 Å². The van der Waals surface area contributed by atoms with Gasteiger partial charge in [0.25, 0.3) is 0 Å². The van der Waals surface area contributed by atoms with E-state index in [-0.39, 0.29) is 5.91 Å². The summed E-state index contributed by atoms with van der Waals surface area (Å²) in [5.74, 6) is 0.498. The maximum absolute atomic E-state index is 12.3. The number of aromatic nitrogens is 1. The Balaban J connectivity index is 1.65. The first kappa shape index (κ1) is 31.6. The third kappa shape index (κ3) is 11.7. The number of aryl methyl sites for hydroxylation is 1. The number of hydrogen-bond donors (Lipinski definition) is 1. The monoisotopic (exact) mass is 518 g/mol. The van der Waals surface area contributed by atoms with Crippen LogP contribution >= 0.6 is 0 Å². The van der Waals surface area contributed by atoms with Gasteiger partial charge in [-0.2, -0.15) is 0 Å². The molecule has 1 unspecified atom stereocenters. The van der Waals surface area contributed by atoms with E-state index in [1.165, 1.54) is 57.8 Å². The van der Waals surface area contributed by atoms with Gasteiger partial charge in [0.2, 0.25) is 11.7 Å². The van der Waals surface area contributed by atoms with Crippen molar-refractivity contribution in [2.24, 2.45) is 0 Å². The quantitative estimate of drug-likeness (QED) is 0.155. The number of likely N-dealkylation sites (N-methyl/N-ethyl adjacent to an activating group) is 1. The molecule has 6 heteroatoms. The summed E-state index contributed by atoms with van der Waals surface area (Å²) in [7, 11) is 4.40. The summed E-state index contributed by atoms with van der Waals surface area (Å²) < 4.78 is 13.2. The molecule has 2 rings (SSSR count). The first-order valence-corrected chi connectivity index (χ1v) is 15.1. The van der Waals surface area contributed by atoms with Gasteiger partial charge in [-0.1, -0.05) is 78.1 Å². The van der Waals surface area contributed by atoms with Crippen LogP contribution in [0, 0.1) is 6.92 Å². The number of carbonyl (C=O) groups is 1. The largest absolute Gasteiger partial charge is 0.460 e. The molecule has 0 aliphatic carbocycles. The van der Waals surface area contributed by atoms with Crippen molar-refractivity contribution in [3.8, 4) is 5.75 Å². The average Bonchev–Trinajstić information content (AvgIpc) is 2.84. The lowest BCUT2D eigenvalue weighted by molar-refractivity contribution is -0.902. The first-order chi connectivity index (χ1) is 17.7. The van der Waals surface area contributed by atoms with Crippen LogP contribution in [0.2, 0.25) is 0 Å². The lowest BCUT2D eigenvalue weighted by Crippen LogP contribution is -2.45. The maximum atomic E-state index is 12.3. The summed E-state index contributed by atoms with van der Waals surface area (Å²) in [5.41, 5.74) is 3.20. The molecule has 0 saturated carbocycles. The van der Waals surface area contributed by atoms with Crippen molar-refractivity contribution in [3.63, 3.8) is 0 Å². The lowest BCUT2D eigenvalue weighted by Gasteiger charge is -2.38. The van der Waals surface area contributed by atoms with Crippen LogP contribution in [0.1, 0.15) is 127 Å². The van der Waals surface area contributed by atoms with E-state index in [9.17, 15) is 4.79 Å². The lowest BCUT2D eigenvalue weighted by atomic mass is 10.0. The Morgan fingerprint density at radius 1 is 1.00 bits per heavy atom. The van der Waals surface area contributed by atoms with Gasteiger partial charge < -0.3 is 19.3 Å². The highest BCUT2D eigenvalue weighted by Crippen LogP contribution is 2.37. The van der Waals surface area contributed by atoms with Crippen molar-refractivity contribution in [2.75, 3.05) is 27.2 Å². The molecule has 1 aromatic heterocycles. The number of carbonyl (C=O) groups excluding carboxylic acids is 1. The van der Waals surface area contributed by atoms with Crippen LogP contribution in [0.4, 0.5) is 0 Å². The summed E-state index contributed by atoms with van der Waals surface area (Å²) in [6, 6.07) is 0.